The van der Waals surface area contributed by atoms with E-state index in [1.807, 2.05) is 54.6 Å². The van der Waals surface area contributed by atoms with Crippen LogP contribution in [0.1, 0.15) is 25.6 Å². The molecule has 0 aliphatic heterocycles. The zero-order valence-electron chi connectivity index (χ0n) is 18.8. The van der Waals surface area contributed by atoms with Gasteiger partial charge in [-0.15, -0.1) is 11.3 Å². The molecule has 0 amide bonds. The molecule has 5 aromatic rings. The van der Waals surface area contributed by atoms with Gasteiger partial charge >= 0.3 is 5.97 Å². The second-order valence-corrected chi connectivity index (χ2v) is 8.88. The van der Waals surface area contributed by atoms with E-state index in [0.29, 0.717) is 32.0 Å². The molecule has 8 nitrogen and oxygen atoms in total. The monoisotopic (exact) mass is 487 g/mol. The lowest BCUT2D eigenvalue weighted by atomic mass is 10.1. The first-order valence-corrected chi connectivity index (χ1v) is 11.8. The summed E-state index contributed by atoms with van der Waals surface area (Å²) in [6.07, 6.45) is 2.99. The van der Waals surface area contributed by atoms with Crippen molar-refractivity contribution in [3.8, 4) is 5.75 Å². The second kappa shape index (κ2) is 9.55. The topological polar surface area (TPSA) is 103 Å². The maximum absolute atomic E-state index is 13.2. The number of carbonyl (C=O) groups is 2. The van der Waals surface area contributed by atoms with Gasteiger partial charge in [-0.3, -0.25) is 14.2 Å². The number of rotatable bonds is 8. The van der Waals surface area contributed by atoms with E-state index in [1.54, 1.807) is 13.1 Å². The highest BCUT2D eigenvalue weighted by Gasteiger charge is 2.22. The number of nitrogens with one attached hydrogen (secondary N) is 1. The predicted octanol–water partition coefficient (Wildman–Crippen LogP) is 4.37. The number of ether oxygens (including phenoxy) is 2. The fourth-order valence-electron chi connectivity index (χ4n) is 3.88. The largest absolute Gasteiger partial charge is 0.490 e. The number of fused-ring (bicyclic) bond motifs is 2. The number of Topliss-reactive ketones (excluding diaryl/α,β-unsaturated/α-hetero) is 1. The van der Waals surface area contributed by atoms with Crippen LogP contribution in [0, 0.1) is 6.92 Å². The molecule has 2 aromatic carbocycles. The number of aryl methyl sites for hydroxylation is 1. The van der Waals surface area contributed by atoms with Crippen LogP contribution in [0.4, 0.5) is 0 Å². The van der Waals surface area contributed by atoms with Crippen LogP contribution in [0.25, 0.3) is 21.1 Å². The molecule has 0 fully saturated rings. The first kappa shape index (κ1) is 22.5. The SMILES string of the molecule is Cc1c(C(=O)OCCOc2ccccc2)sc2ncn(CC(=O)c3c[nH]c4ccccc34)c(=O)c12. The Kier molecular flexibility index (Phi) is 6.15. The quantitative estimate of drug-likeness (QED) is 0.198. The van der Waals surface area contributed by atoms with Crippen LogP contribution in [0.2, 0.25) is 0 Å². The Bertz CT molecular complexity index is 1600. The van der Waals surface area contributed by atoms with Crippen molar-refractivity contribution in [2.45, 2.75) is 13.5 Å². The Balaban J connectivity index is 1.32. The van der Waals surface area contributed by atoms with Crippen LogP contribution in [0.5, 0.6) is 5.75 Å². The number of para-hydroxylation sites is 2. The van der Waals surface area contributed by atoms with Gasteiger partial charge in [0.15, 0.2) is 5.78 Å². The van der Waals surface area contributed by atoms with Gasteiger partial charge in [-0.2, -0.15) is 0 Å². The van der Waals surface area contributed by atoms with Crippen LogP contribution in [-0.2, 0) is 11.3 Å². The number of esters is 1. The lowest BCUT2D eigenvalue weighted by Gasteiger charge is -2.07. The van der Waals surface area contributed by atoms with Gasteiger partial charge in [-0.05, 0) is 30.7 Å². The molecule has 3 heterocycles. The number of ketones is 1. The number of hydrogen-bond donors (Lipinski definition) is 1. The van der Waals surface area contributed by atoms with E-state index in [1.165, 1.54) is 10.9 Å². The van der Waals surface area contributed by atoms with Gasteiger partial charge in [-0.1, -0.05) is 36.4 Å². The molecule has 3 aromatic heterocycles. The van der Waals surface area contributed by atoms with Gasteiger partial charge in [0.1, 0.15) is 28.7 Å². The minimum absolute atomic E-state index is 0.0677. The summed E-state index contributed by atoms with van der Waals surface area (Å²) in [7, 11) is 0. The van der Waals surface area contributed by atoms with Crippen LogP contribution < -0.4 is 10.3 Å². The average molecular weight is 488 g/mol. The zero-order chi connectivity index (χ0) is 24.4. The number of aromatic nitrogens is 3. The van der Waals surface area contributed by atoms with Gasteiger partial charge < -0.3 is 14.5 Å². The molecule has 0 saturated carbocycles. The molecule has 35 heavy (non-hydrogen) atoms. The van der Waals surface area contributed by atoms with Crippen molar-refractivity contribution in [3.05, 3.63) is 93.5 Å². The third kappa shape index (κ3) is 4.45. The third-order valence-electron chi connectivity index (χ3n) is 5.63. The van der Waals surface area contributed by atoms with Crippen molar-refractivity contribution in [1.29, 1.82) is 0 Å². The highest BCUT2D eigenvalue weighted by atomic mass is 32.1. The molecule has 0 radical (unpaired) electrons. The van der Waals surface area contributed by atoms with Crippen molar-refractivity contribution in [1.82, 2.24) is 14.5 Å². The first-order chi connectivity index (χ1) is 17.0. The van der Waals surface area contributed by atoms with Crippen LogP contribution >= 0.6 is 11.3 Å². The van der Waals surface area contributed by atoms with Gasteiger partial charge in [0, 0.05) is 22.7 Å². The van der Waals surface area contributed by atoms with E-state index in [9.17, 15) is 14.4 Å². The maximum Gasteiger partial charge on any atom is 0.348 e. The fraction of sp³-hybridized carbons (Fsp3) is 0.154. The summed E-state index contributed by atoms with van der Waals surface area (Å²) in [5, 5.41) is 1.12. The number of benzene rings is 2. The lowest BCUT2D eigenvalue weighted by molar-refractivity contribution is 0.0455. The van der Waals surface area contributed by atoms with E-state index < -0.39 is 5.97 Å². The molecular formula is C26H21N3O5S. The highest BCUT2D eigenvalue weighted by Crippen LogP contribution is 2.27. The maximum atomic E-state index is 13.2. The lowest BCUT2D eigenvalue weighted by Crippen LogP contribution is -2.24. The molecule has 0 bridgehead atoms. The Hall–Kier alpha value is -4.24. The Morgan fingerprint density at radius 3 is 2.66 bits per heavy atom. The molecular weight excluding hydrogens is 466 g/mol. The molecule has 9 heteroatoms. The fourth-order valence-corrected chi connectivity index (χ4v) is 4.92. The number of nitrogens with zero attached hydrogens (tertiary/aromatic N) is 2. The first-order valence-electron chi connectivity index (χ1n) is 11.0. The molecule has 0 unspecified atom stereocenters. The molecule has 5 rings (SSSR count). The minimum atomic E-state index is -0.539. The van der Waals surface area contributed by atoms with Crippen LogP contribution in [0.3, 0.4) is 0 Å². The van der Waals surface area contributed by atoms with Crippen molar-refractivity contribution in [3.63, 3.8) is 0 Å². The number of carbonyl (C=O) groups excluding carboxylic acids is 2. The Labute approximate surface area is 203 Å². The van der Waals surface area contributed by atoms with Crippen molar-refractivity contribution in [2.75, 3.05) is 13.2 Å². The van der Waals surface area contributed by atoms with Crippen molar-refractivity contribution < 1.29 is 19.1 Å². The van der Waals surface area contributed by atoms with Gasteiger partial charge in [-0.25, -0.2) is 9.78 Å². The van der Waals surface area contributed by atoms with E-state index in [0.717, 1.165) is 22.2 Å². The summed E-state index contributed by atoms with van der Waals surface area (Å²) in [5.41, 5.74) is 1.48. The Morgan fingerprint density at radius 1 is 1.06 bits per heavy atom. The normalized spacial score (nSPS) is 11.1. The summed E-state index contributed by atoms with van der Waals surface area (Å²) in [6, 6.07) is 16.7. The molecule has 1 N–H and O–H groups in total. The van der Waals surface area contributed by atoms with Crippen molar-refractivity contribution >= 4 is 44.2 Å². The highest BCUT2D eigenvalue weighted by molar-refractivity contribution is 7.20. The summed E-state index contributed by atoms with van der Waals surface area (Å²) in [4.78, 5) is 46.9. The summed E-state index contributed by atoms with van der Waals surface area (Å²) in [5.74, 6) is -0.0619. The van der Waals surface area contributed by atoms with E-state index >= 15 is 0 Å². The number of aromatic amines is 1. The molecule has 0 aliphatic rings. The standard InChI is InChI=1S/C26H21N3O5S/c1-16-22-24(35-23(16)26(32)34-12-11-33-17-7-3-2-4-8-17)28-15-29(25(22)31)14-21(30)19-13-27-20-10-6-5-9-18(19)20/h2-10,13,15,27H,11-12,14H2,1H3. The van der Waals surface area contributed by atoms with Crippen LogP contribution in [-0.4, -0.2) is 39.5 Å². The zero-order valence-corrected chi connectivity index (χ0v) is 19.6. The number of hydrogen-bond acceptors (Lipinski definition) is 7. The molecule has 0 atom stereocenters. The Morgan fingerprint density at radius 2 is 1.83 bits per heavy atom. The van der Waals surface area contributed by atoms with Crippen LogP contribution in [0.15, 0.2) is 71.9 Å². The van der Waals surface area contributed by atoms with Gasteiger partial charge in [0.2, 0.25) is 0 Å². The number of thiophene rings is 1. The van der Waals surface area contributed by atoms with E-state index in [4.69, 9.17) is 9.47 Å². The van der Waals surface area contributed by atoms with Gasteiger partial charge in [0.25, 0.3) is 5.56 Å². The van der Waals surface area contributed by atoms with E-state index in [-0.39, 0.29) is 31.1 Å². The molecule has 176 valence electrons. The summed E-state index contributed by atoms with van der Waals surface area (Å²) in [6.45, 7) is 1.80. The summed E-state index contributed by atoms with van der Waals surface area (Å²) >= 11 is 1.10. The smallest absolute Gasteiger partial charge is 0.348 e. The molecule has 0 saturated heterocycles. The summed E-state index contributed by atoms with van der Waals surface area (Å²) < 4.78 is 12.1. The second-order valence-electron chi connectivity index (χ2n) is 7.88. The molecule has 0 spiro atoms. The van der Waals surface area contributed by atoms with E-state index in [2.05, 4.69) is 9.97 Å². The van der Waals surface area contributed by atoms with Crippen molar-refractivity contribution in [2.24, 2.45) is 0 Å². The third-order valence-corrected chi connectivity index (χ3v) is 6.81. The molecule has 0 aliphatic carbocycles. The van der Waals surface area contributed by atoms with Gasteiger partial charge in [0.05, 0.1) is 18.3 Å². The average Bonchev–Trinajstić information content (AvgIpc) is 3.46. The number of H-pyrrole nitrogens is 1. The predicted molar refractivity (Wildman–Crippen MR) is 133 cm³/mol. The minimum Gasteiger partial charge on any atom is -0.490 e.